The topological polar surface area (TPSA) is 59.1 Å². The molecular formula is C27H42N2O4. The third kappa shape index (κ3) is 6.87. The van der Waals surface area contributed by atoms with Crippen molar-refractivity contribution in [3.05, 3.63) is 35.9 Å². The van der Waals surface area contributed by atoms with Crippen molar-refractivity contribution in [2.75, 3.05) is 39.4 Å². The molecule has 2 aliphatic heterocycles. The van der Waals surface area contributed by atoms with E-state index in [1.807, 2.05) is 45.9 Å². The van der Waals surface area contributed by atoms with Crippen LogP contribution in [0.5, 0.6) is 0 Å². The molecule has 6 heteroatoms. The summed E-state index contributed by atoms with van der Waals surface area (Å²) in [7, 11) is 0. The molecule has 6 nitrogen and oxygen atoms in total. The summed E-state index contributed by atoms with van der Waals surface area (Å²) >= 11 is 0. The number of ether oxygens (including phenoxy) is 2. The van der Waals surface area contributed by atoms with Crippen LogP contribution in [0.1, 0.15) is 59.4 Å². The van der Waals surface area contributed by atoms with Gasteiger partial charge in [-0.1, -0.05) is 43.7 Å². The number of morpholine rings is 1. The number of esters is 1. The number of ketones is 1. The van der Waals surface area contributed by atoms with E-state index in [1.54, 1.807) is 0 Å². The fourth-order valence-electron chi connectivity index (χ4n) is 5.31. The quantitative estimate of drug-likeness (QED) is 0.437. The average Bonchev–Trinajstić information content (AvgIpc) is 2.78. The molecule has 3 atom stereocenters. The lowest BCUT2D eigenvalue weighted by molar-refractivity contribution is -0.158. The normalized spacial score (nSPS) is 24.8. The average molecular weight is 459 g/mol. The maximum atomic E-state index is 13.7. The van der Waals surface area contributed by atoms with E-state index in [0.717, 1.165) is 57.8 Å². The predicted molar refractivity (Wildman–Crippen MR) is 130 cm³/mol. The molecule has 0 N–H and O–H groups in total. The SMILES string of the molecule is CCC1CCN(C(C)(Cc2ccccc2)C(=O)CC(=O)OC(C)(C)C)CC1N1CCOCC1. The van der Waals surface area contributed by atoms with E-state index in [4.69, 9.17) is 9.47 Å². The Kier molecular flexibility index (Phi) is 8.70. The van der Waals surface area contributed by atoms with Gasteiger partial charge < -0.3 is 9.47 Å². The molecule has 33 heavy (non-hydrogen) atoms. The van der Waals surface area contributed by atoms with Gasteiger partial charge in [0.2, 0.25) is 0 Å². The molecule has 0 spiro atoms. The van der Waals surface area contributed by atoms with Gasteiger partial charge in [0, 0.05) is 25.7 Å². The zero-order chi connectivity index (χ0) is 24.1. The first-order chi connectivity index (χ1) is 15.6. The molecule has 2 heterocycles. The molecule has 0 aromatic heterocycles. The van der Waals surface area contributed by atoms with Crippen molar-refractivity contribution in [2.45, 2.75) is 77.5 Å². The van der Waals surface area contributed by atoms with E-state index >= 15 is 0 Å². The van der Waals surface area contributed by atoms with Crippen molar-refractivity contribution >= 4 is 11.8 Å². The predicted octanol–water partition coefficient (Wildman–Crippen LogP) is 3.72. The third-order valence-electron chi connectivity index (χ3n) is 7.18. The van der Waals surface area contributed by atoms with Crippen molar-refractivity contribution in [3.63, 3.8) is 0 Å². The summed E-state index contributed by atoms with van der Waals surface area (Å²) in [5.74, 6) is 0.109. The zero-order valence-electron chi connectivity index (χ0n) is 21.1. The molecule has 0 radical (unpaired) electrons. The van der Waals surface area contributed by atoms with Gasteiger partial charge in [0.25, 0.3) is 0 Å². The summed E-state index contributed by atoms with van der Waals surface area (Å²) in [5.41, 5.74) is -0.256. The molecule has 0 bridgehead atoms. The second-order valence-electron chi connectivity index (χ2n) is 10.7. The van der Waals surface area contributed by atoms with Gasteiger partial charge in [-0.3, -0.25) is 19.4 Å². The van der Waals surface area contributed by atoms with Crippen LogP contribution in [-0.2, 0) is 25.5 Å². The monoisotopic (exact) mass is 458 g/mol. The minimum Gasteiger partial charge on any atom is -0.460 e. The Bertz CT molecular complexity index is 785. The van der Waals surface area contributed by atoms with Crippen LogP contribution in [0.4, 0.5) is 0 Å². The highest BCUT2D eigenvalue weighted by atomic mass is 16.6. The number of benzene rings is 1. The Hall–Kier alpha value is -1.76. The second kappa shape index (κ2) is 11.1. The fourth-order valence-corrected chi connectivity index (χ4v) is 5.31. The molecule has 0 saturated carbocycles. The number of rotatable bonds is 8. The Morgan fingerprint density at radius 2 is 1.73 bits per heavy atom. The highest BCUT2D eigenvalue weighted by Crippen LogP contribution is 2.33. The largest absolute Gasteiger partial charge is 0.460 e. The van der Waals surface area contributed by atoms with Gasteiger partial charge in [-0.2, -0.15) is 0 Å². The maximum absolute atomic E-state index is 13.7. The Morgan fingerprint density at radius 3 is 2.33 bits per heavy atom. The van der Waals surface area contributed by atoms with Crippen LogP contribution in [-0.4, -0.2) is 78.1 Å². The molecule has 2 aliphatic rings. The number of Topliss-reactive ketones (excluding diaryl/α,β-unsaturated/α-hetero) is 1. The van der Waals surface area contributed by atoms with E-state index in [9.17, 15) is 9.59 Å². The fraction of sp³-hybridized carbons (Fsp3) is 0.704. The number of nitrogens with zero attached hydrogens (tertiary/aromatic N) is 2. The van der Waals surface area contributed by atoms with E-state index in [1.165, 1.54) is 0 Å². The van der Waals surface area contributed by atoms with E-state index in [-0.39, 0.29) is 12.2 Å². The lowest BCUT2D eigenvalue weighted by atomic mass is 9.80. The molecule has 184 valence electrons. The van der Waals surface area contributed by atoms with Gasteiger partial charge in [0.1, 0.15) is 12.0 Å². The maximum Gasteiger partial charge on any atom is 0.313 e. The number of carbonyl (C=O) groups is 2. The minimum absolute atomic E-state index is 0.0590. The molecule has 0 aliphatic carbocycles. The van der Waals surface area contributed by atoms with Crippen molar-refractivity contribution < 1.29 is 19.1 Å². The number of hydrogen-bond donors (Lipinski definition) is 0. The van der Waals surface area contributed by atoms with Gasteiger partial charge >= 0.3 is 5.97 Å². The van der Waals surface area contributed by atoms with Crippen molar-refractivity contribution in [3.8, 4) is 0 Å². The highest BCUT2D eigenvalue weighted by molar-refractivity contribution is 6.01. The van der Waals surface area contributed by atoms with Crippen LogP contribution in [0, 0.1) is 5.92 Å². The van der Waals surface area contributed by atoms with Crippen LogP contribution in [0.15, 0.2) is 30.3 Å². The molecule has 3 unspecified atom stereocenters. The lowest BCUT2D eigenvalue weighted by Crippen LogP contribution is -2.63. The van der Waals surface area contributed by atoms with Crippen LogP contribution >= 0.6 is 0 Å². The summed E-state index contributed by atoms with van der Waals surface area (Å²) in [6.07, 6.45) is 2.58. The van der Waals surface area contributed by atoms with Crippen LogP contribution in [0.2, 0.25) is 0 Å². The van der Waals surface area contributed by atoms with Crippen molar-refractivity contribution in [1.82, 2.24) is 9.80 Å². The number of carbonyl (C=O) groups excluding carboxylic acids is 2. The number of likely N-dealkylation sites (tertiary alicyclic amines) is 1. The number of piperidine rings is 1. The molecule has 3 rings (SSSR count). The molecule has 1 aromatic carbocycles. The lowest BCUT2D eigenvalue weighted by Gasteiger charge is -2.50. The summed E-state index contributed by atoms with van der Waals surface area (Å²) < 4.78 is 11.1. The van der Waals surface area contributed by atoms with Crippen LogP contribution < -0.4 is 0 Å². The Labute approximate surface area is 199 Å². The molecule has 2 fully saturated rings. The van der Waals surface area contributed by atoms with Gasteiger partial charge in [-0.25, -0.2) is 0 Å². The van der Waals surface area contributed by atoms with E-state index in [2.05, 4.69) is 28.9 Å². The molecule has 0 amide bonds. The van der Waals surface area contributed by atoms with E-state index in [0.29, 0.717) is 18.4 Å². The summed E-state index contributed by atoms with van der Waals surface area (Å²) in [6.45, 7) is 14.9. The smallest absolute Gasteiger partial charge is 0.313 e. The van der Waals surface area contributed by atoms with Gasteiger partial charge in [0.05, 0.1) is 18.8 Å². The third-order valence-corrected chi connectivity index (χ3v) is 7.18. The minimum atomic E-state index is -0.762. The molecular weight excluding hydrogens is 416 g/mol. The Morgan fingerprint density at radius 1 is 1.06 bits per heavy atom. The van der Waals surface area contributed by atoms with Gasteiger partial charge in [-0.05, 0) is 58.6 Å². The molecule has 1 aromatic rings. The van der Waals surface area contributed by atoms with Crippen LogP contribution in [0.3, 0.4) is 0 Å². The first kappa shape index (κ1) is 25.9. The molecule has 2 saturated heterocycles. The standard InChI is InChI=1S/C27H42N2O4/c1-6-22-12-13-29(20-23(22)28-14-16-32-17-15-28)27(5,19-21-10-8-7-9-11-21)24(30)18-25(31)33-26(2,3)4/h7-11,22-23H,6,12-20H2,1-5H3. The van der Waals surface area contributed by atoms with Crippen molar-refractivity contribution in [1.29, 1.82) is 0 Å². The first-order valence-electron chi connectivity index (χ1n) is 12.5. The van der Waals surface area contributed by atoms with Crippen LogP contribution in [0.25, 0.3) is 0 Å². The van der Waals surface area contributed by atoms with Gasteiger partial charge in [-0.15, -0.1) is 0 Å². The van der Waals surface area contributed by atoms with Crippen molar-refractivity contribution in [2.24, 2.45) is 5.92 Å². The number of hydrogen-bond acceptors (Lipinski definition) is 6. The Balaban J connectivity index is 1.84. The summed E-state index contributed by atoms with van der Waals surface area (Å²) in [6, 6.07) is 10.5. The highest BCUT2D eigenvalue weighted by Gasteiger charge is 2.45. The van der Waals surface area contributed by atoms with E-state index < -0.39 is 17.1 Å². The van der Waals surface area contributed by atoms with Gasteiger partial charge in [0.15, 0.2) is 5.78 Å². The first-order valence-corrected chi connectivity index (χ1v) is 12.5. The zero-order valence-corrected chi connectivity index (χ0v) is 21.1. The summed E-state index contributed by atoms with van der Waals surface area (Å²) in [5, 5.41) is 0. The summed E-state index contributed by atoms with van der Waals surface area (Å²) in [4.78, 5) is 31.2. The second-order valence-corrected chi connectivity index (χ2v) is 10.7.